The average Bonchev–Trinajstić information content (AvgIpc) is 3.48. The number of carbonyl (C=O) groups is 1. The number of nitrogens with zero attached hydrogens (tertiary/aromatic N) is 3. The molecule has 1 aliphatic rings. The van der Waals surface area contributed by atoms with E-state index in [0.29, 0.717) is 6.54 Å². The summed E-state index contributed by atoms with van der Waals surface area (Å²) < 4.78 is 7.27. The van der Waals surface area contributed by atoms with Gasteiger partial charge in [-0.15, -0.1) is 0 Å². The Morgan fingerprint density at radius 1 is 1.12 bits per heavy atom. The number of urea groups is 1. The van der Waals surface area contributed by atoms with Crippen molar-refractivity contribution < 1.29 is 9.53 Å². The van der Waals surface area contributed by atoms with Crippen molar-refractivity contribution in [1.29, 1.82) is 0 Å². The highest BCUT2D eigenvalue weighted by Gasteiger charge is 2.21. The fourth-order valence-corrected chi connectivity index (χ4v) is 4.17. The monoisotopic (exact) mass is 433 g/mol. The number of aromatic nitrogens is 2. The van der Waals surface area contributed by atoms with Gasteiger partial charge in [-0.25, -0.2) is 9.78 Å². The molecule has 0 aliphatic carbocycles. The van der Waals surface area contributed by atoms with Gasteiger partial charge in [-0.3, -0.25) is 4.90 Å². The summed E-state index contributed by atoms with van der Waals surface area (Å²) in [6.07, 6.45) is 6.17. The number of rotatable bonds is 8. The molecule has 1 atom stereocenters. The Morgan fingerprint density at radius 2 is 1.91 bits per heavy atom. The van der Waals surface area contributed by atoms with E-state index in [9.17, 15) is 4.79 Å². The third kappa shape index (κ3) is 5.48. The summed E-state index contributed by atoms with van der Waals surface area (Å²) in [4.78, 5) is 19.8. The van der Waals surface area contributed by atoms with Crippen LogP contribution in [0.3, 0.4) is 0 Å². The minimum atomic E-state index is -0.397. The predicted octanol–water partition coefficient (Wildman–Crippen LogP) is 3.61. The lowest BCUT2D eigenvalue weighted by Crippen LogP contribution is -2.39. The first-order valence-electron chi connectivity index (χ1n) is 11.1. The average molecular weight is 434 g/mol. The Morgan fingerprint density at radius 3 is 2.66 bits per heavy atom. The van der Waals surface area contributed by atoms with Gasteiger partial charge in [0.25, 0.3) is 0 Å². The molecule has 1 aromatic heterocycles. The molecule has 1 saturated heterocycles. The summed E-state index contributed by atoms with van der Waals surface area (Å²) in [7, 11) is 3.55. The van der Waals surface area contributed by atoms with Crippen molar-refractivity contribution >= 4 is 6.03 Å². The SMILES string of the molecule is COc1cccc(C(NC(=O)NCc2cccc(CN3CCCC3)c2)c2nccn2C)c1. The highest BCUT2D eigenvalue weighted by Crippen LogP contribution is 2.24. The zero-order valence-electron chi connectivity index (χ0n) is 18.8. The van der Waals surface area contributed by atoms with E-state index in [-0.39, 0.29) is 6.03 Å². The molecule has 0 radical (unpaired) electrons. The molecule has 0 spiro atoms. The van der Waals surface area contributed by atoms with Crippen LogP contribution in [0.15, 0.2) is 60.9 Å². The standard InChI is InChI=1S/C25H31N5O2/c1-29-14-11-26-24(29)23(21-9-6-10-22(16-21)32-2)28-25(31)27-17-19-7-5-8-20(15-19)18-30-12-3-4-13-30/h5-11,14-16,23H,3-4,12-13,17-18H2,1-2H3,(H2,27,28,31). The highest BCUT2D eigenvalue weighted by molar-refractivity contribution is 5.75. The summed E-state index contributed by atoms with van der Waals surface area (Å²) in [5.74, 6) is 1.49. The minimum absolute atomic E-state index is 0.245. The number of imidazole rings is 1. The van der Waals surface area contributed by atoms with Crippen LogP contribution in [0, 0.1) is 0 Å². The topological polar surface area (TPSA) is 71.4 Å². The second kappa shape index (κ2) is 10.3. The molecule has 2 heterocycles. The molecular weight excluding hydrogens is 402 g/mol. The molecule has 2 aromatic carbocycles. The number of ether oxygens (including phenoxy) is 1. The Labute approximate surface area is 189 Å². The van der Waals surface area contributed by atoms with E-state index < -0.39 is 6.04 Å². The predicted molar refractivity (Wildman–Crippen MR) is 124 cm³/mol. The zero-order chi connectivity index (χ0) is 22.3. The number of amides is 2. The Hall–Kier alpha value is -3.32. The summed E-state index contributed by atoms with van der Waals surface area (Å²) in [6, 6.07) is 15.5. The van der Waals surface area contributed by atoms with E-state index >= 15 is 0 Å². The lowest BCUT2D eigenvalue weighted by Gasteiger charge is -2.20. The number of hydrogen-bond acceptors (Lipinski definition) is 4. The van der Waals surface area contributed by atoms with Crippen LogP contribution in [-0.4, -0.2) is 40.7 Å². The Balaban J connectivity index is 1.42. The third-order valence-electron chi connectivity index (χ3n) is 5.87. The first-order chi connectivity index (χ1) is 15.6. The van der Waals surface area contributed by atoms with Gasteiger partial charge in [0.2, 0.25) is 0 Å². The quantitative estimate of drug-likeness (QED) is 0.569. The van der Waals surface area contributed by atoms with Crippen molar-refractivity contribution in [1.82, 2.24) is 25.1 Å². The number of hydrogen-bond donors (Lipinski definition) is 2. The van der Waals surface area contributed by atoms with Gasteiger partial charge in [0.15, 0.2) is 0 Å². The molecule has 7 heteroatoms. The molecule has 168 valence electrons. The third-order valence-corrected chi connectivity index (χ3v) is 5.87. The highest BCUT2D eigenvalue weighted by atomic mass is 16.5. The summed E-state index contributed by atoms with van der Waals surface area (Å²) in [5.41, 5.74) is 3.28. The molecule has 1 unspecified atom stereocenters. The van der Waals surface area contributed by atoms with Gasteiger partial charge >= 0.3 is 6.03 Å². The molecule has 2 N–H and O–H groups in total. The van der Waals surface area contributed by atoms with Gasteiger partial charge in [0, 0.05) is 32.5 Å². The molecule has 0 bridgehead atoms. The van der Waals surface area contributed by atoms with Crippen molar-refractivity contribution in [2.75, 3.05) is 20.2 Å². The summed E-state index contributed by atoms with van der Waals surface area (Å²) in [6.45, 7) is 3.77. The lowest BCUT2D eigenvalue weighted by molar-refractivity contribution is 0.237. The molecule has 7 nitrogen and oxygen atoms in total. The second-order valence-corrected chi connectivity index (χ2v) is 8.24. The van der Waals surface area contributed by atoms with E-state index in [1.807, 2.05) is 48.1 Å². The number of benzene rings is 2. The van der Waals surface area contributed by atoms with Gasteiger partial charge < -0.3 is 19.9 Å². The number of likely N-dealkylation sites (tertiary alicyclic amines) is 1. The number of methoxy groups -OCH3 is 1. The van der Waals surface area contributed by atoms with Gasteiger partial charge in [-0.2, -0.15) is 0 Å². The maximum atomic E-state index is 12.8. The van der Waals surface area contributed by atoms with Gasteiger partial charge in [-0.1, -0.05) is 36.4 Å². The van der Waals surface area contributed by atoms with E-state index in [1.54, 1.807) is 13.3 Å². The van der Waals surface area contributed by atoms with Crippen molar-refractivity contribution in [3.05, 3.63) is 83.4 Å². The molecule has 4 rings (SSSR count). The van der Waals surface area contributed by atoms with Crippen molar-refractivity contribution in [3.8, 4) is 5.75 Å². The zero-order valence-corrected chi connectivity index (χ0v) is 18.8. The lowest BCUT2D eigenvalue weighted by atomic mass is 10.1. The Bertz CT molecular complexity index is 1040. The molecule has 1 fully saturated rings. The first kappa shape index (κ1) is 21.9. The molecule has 1 aliphatic heterocycles. The molecular formula is C25H31N5O2. The van der Waals surface area contributed by atoms with Crippen LogP contribution in [0.25, 0.3) is 0 Å². The molecule has 2 amide bonds. The van der Waals surface area contributed by atoms with Gasteiger partial charge in [0.1, 0.15) is 17.6 Å². The minimum Gasteiger partial charge on any atom is -0.497 e. The normalized spacial score (nSPS) is 14.8. The smallest absolute Gasteiger partial charge is 0.315 e. The number of nitrogens with one attached hydrogen (secondary N) is 2. The molecule has 3 aromatic rings. The van der Waals surface area contributed by atoms with Crippen LogP contribution >= 0.6 is 0 Å². The summed E-state index contributed by atoms with van der Waals surface area (Å²) >= 11 is 0. The Kier molecular flexibility index (Phi) is 7.07. The first-order valence-corrected chi connectivity index (χ1v) is 11.1. The fourth-order valence-electron chi connectivity index (χ4n) is 4.17. The van der Waals surface area contributed by atoms with E-state index in [1.165, 1.54) is 31.5 Å². The van der Waals surface area contributed by atoms with Crippen LogP contribution in [0.4, 0.5) is 4.79 Å². The van der Waals surface area contributed by atoms with Gasteiger partial charge in [0.05, 0.1) is 7.11 Å². The van der Waals surface area contributed by atoms with Crippen LogP contribution in [0.1, 0.15) is 41.4 Å². The van der Waals surface area contributed by atoms with Crippen LogP contribution in [0.2, 0.25) is 0 Å². The van der Waals surface area contributed by atoms with Crippen molar-refractivity contribution in [2.24, 2.45) is 7.05 Å². The van der Waals surface area contributed by atoms with Gasteiger partial charge in [-0.05, 0) is 54.8 Å². The van der Waals surface area contributed by atoms with E-state index in [2.05, 4.69) is 38.7 Å². The number of carbonyl (C=O) groups excluding carboxylic acids is 1. The van der Waals surface area contributed by atoms with Crippen LogP contribution in [0.5, 0.6) is 5.75 Å². The summed E-state index contributed by atoms with van der Waals surface area (Å²) in [5, 5.41) is 6.07. The largest absolute Gasteiger partial charge is 0.497 e. The fraction of sp³-hybridized carbons (Fsp3) is 0.360. The van der Waals surface area contributed by atoms with Crippen molar-refractivity contribution in [2.45, 2.75) is 32.0 Å². The van der Waals surface area contributed by atoms with Crippen LogP contribution in [-0.2, 0) is 20.1 Å². The van der Waals surface area contributed by atoms with Crippen molar-refractivity contribution in [3.63, 3.8) is 0 Å². The number of aryl methyl sites for hydroxylation is 1. The maximum absolute atomic E-state index is 12.8. The van der Waals surface area contributed by atoms with E-state index in [4.69, 9.17) is 4.74 Å². The molecule has 0 saturated carbocycles. The maximum Gasteiger partial charge on any atom is 0.315 e. The second-order valence-electron chi connectivity index (χ2n) is 8.24. The van der Waals surface area contributed by atoms with E-state index in [0.717, 1.165) is 29.2 Å². The molecule has 32 heavy (non-hydrogen) atoms. The van der Waals surface area contributed by atoms with Crippen LogP contribution < -0.4 is 15.4 Å².